The first-order valence-corrected chi connectivity index (χ1v) is 6.59. The summed E-state index contributed by atoms with van der Waals surface area (Å²) in [6.45, 7) is 0.566. The van der Waals surface area contributed by atoms with Crippen molar-refractivity contribution in [2.24, 2.45) is 5.73 Å². The SMILES string of the molecule is NC(=O)c1cccc(-c2cnc(N)c(C3C=COC3)c2)c1. The maximum atomic E-state index is 11.3. The minimum absolute atomic E-state index is 0.108. The zero-order valence-corrected chi connectivity index (χ0v) is 11.3. The minimum Gasteiger partial charge on any atom is -0.501 e. The lowest BCUT2D eigenvalue weighted by Crippen LogP contribution is -2.10. The van der Waals surface area contributed by atoms with Gasteiger partial charge in [-0.1, -0.05) is 12.1 Å². The number of ether oxygens (including phenoxy) is 1. The third-order valence-corrected chi connectivity index (χ3v) is 3.51. The third-order valence-electron chi connectivity index (χ3n) is 3.51. The first-order chi connectivity index (χ1) is 10.1. The average Bonchev–Trinajstić information content (AvgIpc) is 3.02. The number of hydrogen-bond acceptors (Lipinski definition) is 4. The van der Waals surface area contributed by atoms with Crippen LogP contribution in [-0.2, 0) is 4.74 Å². The fourth-order valence-electron chi connectivity index (χ4n) is 2.36. The summed E-state index contributed by atoms with van der Waals surface area (Å²) < 4.78 is 5.24. The molecule has 1 aliphatic rings. The fraction of sp³-hybridized carbons (Fsp3) is 0.125. The Morgan fingerprint density at radius 3 is 2.86 bits per heavy atom. The number of hydrogen-bond donors (Lipinski definition) is 2. The molecule has 5 heteroatoms. The van der Waals surface area contributed by atoms with Crippen molar-refractivity contribution in [3.8, 4) is 11.1 Å². The highest BCUT2D eigenvalue weighted by atomic mass is 16.5. The second kappa shape index (κ2) is 5.28. The van der Waals surface area contributed by atoms with Crippen LogP contribution in [0.3, 0.4) is 0 Å². The van der Waals surface area contributed by atoms with Gasteiger partial charge in [-0.3, -0.25) is 4.79 Å². The number of nitrogens with two attached hydrogens (primary N) is 2. The van der Waals surface area contributed by atoms with Gasteiger partial charge in [-0.05, 0) is 29.8 Å². The van der Waals surface area contributed by atoms with Crippen molar-refractivity contribution in [1.29, 1.82) is 0 Å². The number of nitrogen functional groups attached to an aromatic ring is 1. The van der Waals surface area contributed by atoms with E-state index >= 15 is 0 Å². The number of nitrogens with zero attached hydrogens (tertiary/aromatic N) is 1. The Labute approximate surface area is 122 Å². The van der Waals surface area contributed by atoms with Crippen LogP contribution in [0.2, 0.25) is 0 Å². The molecule has 0 aliphatic carbocycles. The molecule has 4 N–H and O–H groups in total. The predicted molar refractivity (Wildman–Crippen MR) is 80.4 cm³/mol. The van der Waals surface area contributed by atoms with Gasteiger partial charge >= 0.3 is 0 Å². The molecule has 0 saturated heterocycles. The molecule has 0 saturated carbocycles. The number of aromatic nitrogens is 1. The monoisotopic (exact) mass is 281 g/mol. The third kappa shape index (κ3) is 2.58. The van der Waals surface area contributed by atoms with Crippen LogP contribution in [-0.4, -0.2) is 17.5 Å². The van der Waals surface area contributed by atoms with Crippen LogP contribution in [0.25, 0.3) is 11.1 Å². The van der Waals surface area contributed by atoms with Gasteiger partial charge in [0, 0.05) is 28.8 Å². The lowest BCUT2D eigenvalue weighted by atomic mass is 9.97. The number of carbonyl (C=O) groups is 1. The van der Waals surface area contributed by atoms with E-state index in [9.17, 15) is 4.79 Å². The molecule has 0 fully saturated rings. The normalized spacial score (nSPS) is 16.7. The van der Waals surface area contributed by atoms with Gasteiger partial charge in [0.05, 0.1) is 12.9 Å². The highest BCUT2D eigenvalue weighted by molar-refractivity contribution is 5.94. The molecule has 2 aromatic rings. The van der Waals surface area contributed by atoms with Crippen LogP contribution in [0.1, 0.15) is 21.8 Å². The number of primary amides is 1. The van der Waals surface area contributed by atoms with E-state index in [-0.39, 0.29) is 5.92 Å². The van der Waals surface area contributed by atoms with Gasteiger partial charge < -0.3 is 16.2 Å². The summed E-state index contributed by atoms with van der Waals surface area (Å²) in [5.74, 6) is 0.148. The highest BCUT2D eigenvalue weighted by Crippen LogP contribution is 2.30. The van der Waals surface area contributed by atoms with Gasteiger partial charge in [-0.25, -0.2) is 4.98 Å². The molecule has 21 heavy (non-hydrogen) atoms. The van der Waals surface area contributed by atoms with E-state index < -0.39 is 5.91 Å². The summed E-state index contributed by atoms with van der Waals surface area (Å²) in [5.41, 5.74) is 14.4. The van der Waals surface area contributed by atoms with Gasteiger partial charge in [-0.15, -0.1) is 0 Å². The summed E-state index contributed by atoms with van der Waals surface area (Å²) in [6.07, 6.45) is 5.32. The van der Waals surface area contributed by atoms with Crippen molar-refractivity contribution in [3.05, 3.63) is 60.0 Å². The molecule has 0 radical (unpaired) electrons. The van der Waals surface area contributed by atoms with Crippen molar-refractivity contribution >= 4 is 11.7 Å². The quantitative estimate of drug-likeness (QED) is 0.900. The molecule has 1 aromatic carbocycles. The second-order valence-corrected chi connectivity index (χ2v) is 4.91. The van der Waals surface area contributed by atoms with Crippen LogP contribution in [0.4, 0.5) is 5.82 Å². The minimum atomic E-state index is -0.451. The van der Waals surface area contributed by atoms with Crippen LogP contribution < -0.4 is 11.5 Å². The van der Waals surface area contributed by atoms with Crippen LogP contribution in [0, 0.1) is 0 Å². The Bertz CT molecular complexity index is 725. The van der Waals surface area contributed by atoms with Crippen molar-refractivity contribution in [2.45, 2.75) is 5.92 Å². The lowest BCUT2D eigenvalue weighted by molar-refractivity contribution is 0.100. The number of anilines is 1. The van der Waals surface area contributed by atoms with Crippen molar-refractivity contribution in [1.82, 2.24) is 4.98 Å². The maximum absolute atomic E-state index is 11.3. The van der Waals surface area contributed by atoms with Crippen molar-refractivity contribution in [2.75, 3.05) is 12.3 Å². The first-order valence-electron chi connectivity index (χ1n) is 6.59. The lowest BCUT2D eigenvalue weighted by Gasteiger charge is -2.12. The van der Waals surface area contributed by atoms with Gasteiger partial charge in [0.1, 0.15) is 5.82 Å². The largest absolute Gasteiger partial charge is 0.501 e. The van der Waals surface area contributed by atoms with E-state index in [4.69, 9.17) is 16.2 Å². The molecule has 0 bridgehead atoms. The van der Waals surface area contributed by atoms with E-state index in [1.165, 1.54) is 0 Å². The highest BCUT2D eigenvalue weighted by Gasteiger charge is 2.17. The van der Waals surface area contributed by atoms with Crippen LogP contribution in [0.5, 0.6) is 0 Å². The molecule has 3 rings (SSSR count). The number of amides is 1. The first kappa shape index (κ1) is 13.2. The molecule has 2 heterocycles. The Kier molecular flexibility index (Phi) is 3.31. The molecule has 5 nitrogen and oxygen atoms in total. The Balaban J connectivity index is 2.03. The standard InChI is InChI=1S/C16H15N3O2/c17-15-14(12-4-5-21-9-12)7-13(8-19-15)10-2-1-3-11(6-10)16(18)20/h1-8,12H,9H2,(H2,17,19)(H2,18,20). The van der Waals surface area contributed by atoms with E-state index in [0.717, 1.165) is 16.7 Å². The zero-order valence-electron chi connectivity index (χ0n) is 11.3. The molecule has 1 atom stereocenters. The zero-order chi connectivity index (χ0) is 14.8. The maximum Gasteiger partial charge on any atom is 0.248 e. The molecule has 1 amide bonds. The van der Waals surface area contributed by atoms with E-state index in [1.807, 2.05) is 18.2 Å². The Hall–Kier alpha value is -2.82. The number of benzene rings is 1. The molecular weight excluding hydrogens is 266 g/mol. The van der Waals surface area contributed by atoms with Gasteiger partial charge in [0.15, 0.2) is 0 Å². The average molecular weight is 281 g/mol. The Morgan fingerprint density at radius 1 is 1.29 bits per heavy atom. The fourth-order valence-corrected chi connectivity index (χ4v) is 2.36. The summed E-state index contributed by atoms with van der Waals surface area (Å²) in [4.78, 5) is 15.5. The van der Waals surface area contributed by atoms with E-state index in [2.05, 4.69) is 4.98 Å². The second-order valence-electron chi connectivity index (χ2n) is 4.91. The molecular formula is C16H15N3O2. The smallest absolute Gasteiger partial charge is 0.248 e. The summed E-state index contributed by atoms with van der Waals surface area (Å²) in [5, 5.41) is 0. The van der Waals surface area contributed by atoms with E-state index in [0.29, 0.717) is 18.0 Å². The summed E-state index contributed by atoms with van der Waals surface area (Å²) >= 11 is 0. The molecule has 1 aliphatic heterocycles. The summed E-state index contributed by atoms with van der Waals surface area (Å²) in [6, 6.07) is 9.12. The van der Waals surface area contributed by atoms with Crippen LogP contribution >= 0.6 is 0 Å². The molecule has 106 valence electrons. The van der Waals surface area contributed by atoms with Gasteiger partial charge in [-0.2, -0.15) is 0 Å². The summed E-state index contributed by atoms with van der Waals surface area (Å²) in [7, 11) is 0. The number of carbonyl (C=O) groups excluding carboxylic acids is 1. The van der Waals surface area contributed by atoms with Crippen LogP contribution in [0.15, 0.2) is 48.9 Å². The Morgan fingerprint density at radius 2 is 2.14 bits per heavy atom. The predicted octanol–water partition coefficient (Wildman–Crippen LogP) is 2.06. The topological polar surface area (TPSA) is 91.2 Å². The molecule has 1 aromatic heterocycles. The van der Waals surface area contributed by atoms with E-state index in [1.54, 1.807) is 30.7 Å². The van der Waals surface area contributed by atoms with Gasteiger partial charge in [0.25, 0.3) is 0 Å². The van der Waals surface area contributed by atoms with Crippen molar-refractivity contribution in [3.63, 3.8) is 0 Å². The van der Waals surface area contributed by atoms with Crippen molar-refractivity contribution < 1.29 is 9.53 Å². The number of pyridine rings is 1. The molecule has 1 unspecified atom stereocenters. The molecule has 0 spiro atoms. The van der Waals surface area contributed by atoms with Gasteiger partial charge in [0.2, 0.25) is 5.91 Å². The number of rotatable bonds is 3.